The third-order valence-corrected chi connectivity index (χ3v) is 5.09. The Labute approximate surface area is 174 Å². The van der Waals surface area contributed by atoms with Crippen LogP contribution in [0.3, 0.4) is 0 Å². The van der Waals surface area contributed by atoms with Crippen LogP contribution in [0.4, 0.5) is 0 Å². The van der Waals surface area contributed by atoms with Gasteiger partial charge in [0.15, 0.2) is 0 Å². The van der Waals surface area contributed by atoms with Gasteiger partial charge >= 0.3 is 0 Å². The molecular weight excluding hydrogens is 384 g/mol. The van der Waals surface area contributed by atoms with Gasteiger partial charge in [-0.05, 0) is 48.9 Å². The Morgan fingerprint density at radius 2 is 1.93 bits per heavy atom. The van der Waals surface area contributed by atoms with Crippen molar-refractivity contribution in [3.63, 3.8) is 0 Å². The number of fused-ring (bicyclic) bond motifs is 1. The van der Waals surface area contributed by atoms with Crippen LogP contribution in [0.15, 0.2) is 72.9 Å². The van der Waals surface area contributed by atoms with E-state index in [0.29, 0.717) is 18.0 Å². The molecule has 2 aromatic carbocycles. The Morgan fingerprint density at radius 3 is 2.72 bits per heavy atom. The van der Waals surface area contributed by atoms with Gasteiger partial charge in [0, 0.05) is 17.6 Å². The molecule has 0 radical (unpaired) electrons. The Hall–Kier alpha value is -3.18. The largest absolute Gasteiger partial charge is 0.349 e. The first-order chi connectivity index (χ1) is 14.1. The van der Waals surface area contributed by atoms with E-state index in [4.69, 9.17) is 16.6 Å². The standard InChI is InChI=1S/C23H21ClN4O/c1-16(23(29)26-15-19-9-4-5-12-25-19)28-21-11-3-2-10-20(21)27-22(28)14-17-7-6-8-18(24)13-17/h2-13,16H,14-15H2,1H3,(H,26,29). The second kappa shape index (κ2) is 8.45. The van der Waals surface area contributed by atoms with Crippen LogP contribution in [0, 0.1) is 0 Å². The molecular formula is C23H21ClN4O. The highest BCUT2D eigenvalue weighted by atomic mass is 35.5. The van der Waals surface area contributed by atoms with Gasteiger partial charge in [0.05, 0.1) is 23.3 Å². The van der Waals surface area contributed by atoms with E-state index in [0.717, 1.165) is 28.1 Å². The summed E-state index contributed by atoms with van der Waals surface area (Å²) in [5, 5.41) is 3.67. The zero-order chi connectivity index (χ0) is 20.2. The molecule has 0 spiro atoms. The van der Waals surface area contributed by atoms with E-state index >= 15 is 0 Å². The highest BCUT2D eigenvalue weighted by Crippen LogP contribution is 2.24. The van der Waals surface area contributed by atoms with Gasteiger partial charge in [-0.25, -0.2) is 4.98 Å². The fourth-order valence-electron chi connectivity index (χ4n) is 3.43. The number of halogens is 1. The Morgan fingerprint density at radius 1 is 1.10 bits per heavy atom. The number of hydrogen-bond donors (Lipinski definition) is 1. The van der Waals surface area contributed by atoms with Crippen molar-refractivity contribution in [2.24, 2.45) is 0 Å². The Kier molecular flexibility index (Phi) is 5.58. The van der Waals surface area contributed by atoms with E-state index in [-0.39, 0.29) is 5.91 Å². The number of nitrogens with zero attached hydrogens (tertiary/aromatic N) is 3. The minimum absolute atomic E-state index is 0.0776. The number of hydrogen-bond acceptors (Lipinski definition) is 3. The lowest BCUT2D eigenvalue weighted by Gasteiger charge is -2.17. The number of aromatic nitrogens is 3. The lowest BCUT2D eigenvalue weighted by Crippen LogP contribution is -2.31. The molecule has 2 heterocycles. The fourth-order valence-corrected chi connectivity index (χ4v) is 3.64. The van der Waals surface area contributed by atoms with Crippen LogP contribution >= 0.6 is 11.6 Å². The summed E-state index contributed by atoms with van der Waals surface area (Å²) in [5.41, 5.74) is 3.68. The van der Waals surface area contributed by atoms with Gasteiger partial charge in [0.1, 0.15) is 11.9 Å². The number of pyridine rings is 1. The number of carbonyl (C=O) groups is 1. The number of carbonyl (C=O) groups excluding carboxylic acids is 1. The number of benzene rings is 2. The van der Waals surface area contributed by atoms with E-state index in [1.807, 2.05) is 78.2 Å². The van der Waals surface area contributed by atoms with Gasteiger partial charge < -0.3 is 9.88 Å². The van der Waals surface area contributed by atoms with Crippen LogP contribution in [0.2, 0.25) is 5.02 Å². The molecule has 4 aromatic rings. The van der Waals surface area contributed by atoms with Gasteiger partial charge in [0.25, 0.3) is 0 Å². The fraction of sp³-hybridized carbons (Fsp3) is 0.174. The summed E-state index contributed by atoms with van der Waals surface area (Å²) >= 11 is 6.14. The van der Waals surface area contributed by atoms with Crippen molar-refractivity contribution in [2.75, 3.05) is 0 Å². The second-order valence-corrected chi connectivity index (χ2v) is 7.34. The van der Waals surface area contributed by atoms with Crippen molar-refractivity contribution in [3.05, 3.63) is 95.0 Å². The maximum absolute atomic E-state index is 12.9. The number of amides is 1. The van der Waals surface area contributed by atoms with Crippen LogP contribution < -0.4 is 5.32 Å². The summed E-state index contributed by atoms with van der Waals surface area (Å²) in [6.45, 7) is 2.28. The highest BCUT2D eigenvalue weighted by molar-refractivity contribution is 6.30. The zero-order valence-corrected chi connectivity index (χ0v) is 16.8. The molecule has 0 aliphatic rings. The summed E-state index contributed by atoms with van der Waals surface area (Å²) in [7, 11) is 0. The average Bonchev–Trinajstić information content (AvgIpc) is 3.10. The normalized spacial score (nSPS) is 12.1. The molecule has 1 amide bonds. The number of rotatable bonds is 6. The van der Waals surface area contributed by atoms with E-state index in [2.05, 4.69) is 10.3 Å². The third kappa shape index (κ3) is 4.30. The van der Waals surface area contributed by atoms with E-state index in [1.165, 1.54) is 0 Å². The predicted molar refractivity (Wildman–Crippen MR) is 115 cm³/mol. The van der Waals surface area contributed by atoms with E-state index in [1.54, 1.807) is 6.20 Å². The first kappa shape index (κ1) is 19.2. The molecule has 0 bridgehead atoms. The first-order valence-electron chi connectivity index (χ1n) is 9.50. The topological polar surface area (TPSA) is 59.8 Å². The van der Waals surface area contributed by atoms with Gasteiger partial charge in [0.2, 0.25) is 5.91 Å². The monoisotopic (exact) mass is 404 g/mol. The molecule has 0 aliphatic carbocycles. The molecule has 6 heteroatoms. The maximum atomic E-state index is 12.9. The minimum Gasteiger partial charge on any atom is -0.349 e. The molecule has 1 unspecified atom stereocenters. The zero-order valence-electron chi connectivity index (χ0n) is 16.0. The van der Waals surface area contributed by atoms with E-state index in [9.17, 15) is 4.79 Å². The Bertz CT molecular complexity index is 1140. The van der Waals surface area contributed by atoms with Gasteiger partial charge in [-0.3, -0.25) is 9.78 Å². The second-order valence-electron chi connectivity index (χ2n) is 6.91. The molecule has 0 fully saturated rings. The van der Waals surface area contributed by atoms with Crippen LogP contribution in [0.25, 0.3) is 11.0 Å². The molecule has 1 atom stereocenters. The molecule has 2 aromatic heterocycles. The quantitative estimate of drug-likeness (QED) is 0.512. The number of nitrogens with one attached hydrogen (secondary N) is 1. The van der Waals surface area contributed by atoms with Crippen LogP contribution in [-0.4, -0.2) is 20.4 Å². The van der Waals surface area contributed by atoms with Gasteiger partial charge in [-0.15, -0.1) is 0 Å². The number of imidazole rings is 1. The minimum atomic E-state index is -0.416. The molecule has 0 aliphatic heterocycles. The lowest BCUT2D eigenvalue weighted by molar-refractivity contribution is -0.124. The Balaban J connectivity index is 1.63. The summed E-state index contributed by atoms with van der Waals surface area (Å²) in [4.78, 5) is 22.0. The van der Waals surface area contributed by atoms with Gasteiger partial charge in [-0.2, -0.15) is 0 Å². The lowest BCUT2D eigenvalue weighted by atomic mass is 10.1. The molecule has 0 saturated carbocycles. The third-order valence-electron chi connectivity index (χ3n) is 4.86. The van der Waals surface area contributed by atoms with Crippen molar-refractivity contribution in [2.45, 2.75) is 25.9 Å². The SMILES string of the molecule is CC(C(=O)NCc1ccccn1)n1c(Cc2cccc(Cl)c2)nc2ccccc21. The summed E-state index contributed by atoms with van der Waals surface area (Å²) in [5.74, 6) is 0.750. The smallest absolute Gasteiger partial charge is 0.243 e. The van der Waals surface area contributed by atoms with E-state index < -0.39 is 6.04 Å². The highest BCUT2D eigenvalue weighted by Gasteiger charge is 2.21. The summed E-state index contributed by atoms with van der Waals surface area (Å²) in [6.07, 6.45) is 2.31. The molecule has 5 nitrogen and oxygen atoms in total. The van der Waals surface area contributed by atoms with Crippen molar-refractivity contribution < 1.29 is 4.79 Å². The van der Waals surface area contributed by atoms with Crippen molar-refractivity contribution in [1.29, 1.82) is 0 Å². The van der Waals surface area contributed by atoms with Crippen LogP contribution in [-0.2, 0) is 17.8 Å². The average molecular weight is 405 g/mol. The van der Waals surface area contributed by atoms with Crippen LogP contribution in [0.1, 0.15) is 30.0 Å². The van der Waals surface area contributed by atoms with Gasteiger partial charge in [-0.1, -0.05) is 41.9 Å². The molecule has 146 valence electrons. The molecule has 1 N–H and O–H groups in total. The molecule has 0 saturated heterocycles. The van der Waals surface area contributed by atoms with Crippen molar-refractivity contribution in [1.82, 2.24) is 19.9 Å². The summed E-state index contributed by atoms with van der Waals surface area (Å²) < 4.78 is 2.00. The summed E-state index contributed by atoms with van der Waals surface area (Å²) in [6, 6.07) is 20.8. The van der Waals surface area contributed by atoms with Crippen LogP contribution in [0.5, 0.6) is 0 Å². The predicted octanol–water partition coefficient (Wildman–Crippen LogP) is 4.55. The van der Waals surface area contributed by atoms with Crippen molar-refractivity contribution in [3.8, 4) is 0 Å². The number of para-hydroxylation sites is 2. The maximum Gasteiger partial charge on any atom is 0.243 e. The first-order valence-corrected chi connectivity index (χ1v) is 9.87. The molecule has 29 heavy (non-hydrogen) atoms. The molecule has 4 rings (SSSR count). The van der Waals surface area contributed by atoms with Crippen molar-refractivity contribution >= 4 is 28.5 Å².